The molecule has 4 aromatic carbocycles. The van der Waals surface area contributed by atoms with Crippen LogP contribution in [0.4, 0.5) is 14.5 Å². The molecule has 4 aromatic rings. The van der Waals surface area contributed by atoms with Crippen LogP contribution in [0.2, 0.25) is 0 Å². The molecule has 0 aliphatic heterocycles. The molecule has 210 valence electrons. The molecule has 0 unspecified atom stereocenters. The van der Waals surface area contributed by atoms with E-state index in [0.29, 0.717) is 11.1 Å². The quantitative estimate of drug-likeness (QED) is 0.184. The molecule has 4 rings (SSSR count). The maximum absolute atomic E-state index is 13.7. The monoisotopic (exact) mass is 558 g/mol. The van der Waals surface area contributed by atoms with Crippen LogP contribution in [0.1, 0.15) is 34.3 Å². The summed E-state index contributed by atoms with van der Waals surface area (Å²) in [4.78, 5) is 38.5. The molecule has 0 bridgehead atoms. The molecular weight excluding hydrogens is 530 g/mol. The molecule has 0 radical (unpaired) electrons. The highest BCUT2D eigenvalue weighted by molar-refractivity contribution is 6.01. The van der Waals surface area contributed by atoms with Crippen LogP contribution in [0.15, 0.2) is 97.1 Å². The van der Waals surface area contributed by atoms with Gasteiger partial charge in [-0.1, -0.05) is 72.8 Å². The lowest BCUT2D eigenvalue weighted by molar-refractivity contribution is -0.148. The Morgan fingerprint density at radius 3 is 1.93 bits per heavy atom. The number of ether oxygens (including phenoxy) is 2. The Kier molecular flexibility index (Phi) is 9.77. The lowest BCUT2D eigenvalue weighted by atomic mass is 10.0. The number of hydrogen-bond acceptors (Lipinski definition) is 6. The normalized spacial score (nSPS) is 11.4. The van der Waals surface area contributed by atoms with Crippen molar-refractivity contribution in [3.05, 3.63) is 125 Å². The highest BCUT2D eigenvalue weighted by Gasteiger charge is 2.25. The summed E-state index contributed by atoms with van der Waals surface area (Å²) >= 11 is 0. The molecule has 7 nitrogen and oxygen atoms in total. The second kappa shape index (κ2) is 13.8. The van der Waals surface area contributed by atoms with E-state index in [2.05, 4.69) is 5.32 Å². The molecule has 3 N–H and O–H groups in total. The Morgan fingerprint density at radius 1 is 0.732 bits per heavy atom. The molecule has 41 heavy (non-hydrogen) atoms. The zero-order chi connectivity index (χ0) is 29.2. The number of hydrogen-bond donors (Lipinski definition) is 2. The summed E-state index contributed by atoms with van der Waals surface area (Å²) in [5.41, 5.74) is 8.64. The Labute approximate surface area is 235 Å². The number of rotatable bonds is 11. The second-order valence-corrected chi connectivity index (χ2v) is 9.24. The van der Waals surface area contributed by atoms with Gasteiger partial charge >= 0.3 is 11.9 Å². The smallest absolute Gasteiger partial charge is 0.328 e. The van der Waals surface area contributed by atoms with Crippen molar-refractivity contribution in [2.24, 2.45) is 0 Å². The lowest BCUT2D eigenvalue weighted by Gasteiger charge is -2.18. The van der Waals surface area contributed by atoms with E-state index in [1.54, 1.807) is 24.3 Å². The molecule has 1 atom stereocenters. The number of nitrogen functional groups attached to an aromatic ring is 1. The first-order valence-electron chi connectivity index (χ1n) is 12.9. The maximum Gasteiger partial charge on any atom is 0.328 e. The van der Waals surface area contributed by atoms with Crippen LogP contribution in [0, 0.1) is 11.6 Å². The van der Waals surface area contributed by atoms with Crippen molar-refractivity contribution in [2.45, 2.75) is 32.1 Å². The van der Waals surface area contributed by atoms with Crippen LogP contribution >= 0.6 is 0 Å². The molecule has 0 spiro atoms. The van der Waals surface area contributed by atoms with E-state index in [-0.39, 0.29) is 37.3 Å². The van der Waals surface area contributed by atoms with E-state index in [1.165, 1.54) is 24.3 Å². The number of esters is 2. The third-order valence-corrected chi connectivity index (χ3v) is 6.24. The molecule has 0 aromatic heterocycles. The number of halogens is 2. The standard InChI is InChI=1S/C32H28F2N2O5/c33-26-14-12-23(17-27(26)34)24-11-13-25(28(35)18-24)31(38)36-29(32(39)41-20-22-9-5-2-6-10-22)15-16-30(37)40-19-21-7-3-1-4-8-21/h1-14,17-18,29H,15-16,19-20,35H2,(H,36,38)/t29-/m0/s1. The number of amides is 1. The topological polar surface area (TPSA) is 108 Å². The Bertz CT molecular complexity index is 1510. The zero-order valence-electron chi connectivity index (χ0n) is 22.0. The van der Waals surface area contributed by atoms with Crippen molar-refractivity contribution in [3.63, 3.8) is 0 Å². The number of nitrogens with one attached hydrogen (secondary N) is 1. The van der Waals surface area contributed by atoms with Gasteiger partial charge in [-0.15, -0.1) is 0 Å². The van der Waals surface area contributed by atoms with Crippen molar-refractivity contribution in [3.8, 4) is 11.1 Å². The average molecular weight is 559 g/mol. The predicted molar refractivity (Wildman–Crippen MR) is 149 cm³/mol. The van der Waals surface area contributed by atoms with Gasteiger partial charge in [-0.2, -0.15) is 0 Å². The number of carbonyl (C=O) groups excluding carboxylic acids is 3. The van der Waals surface area contributed by atoms with Gasteiger partial charge in [0.1, 0.15) is 19.3 Å². The fourth-order valence-electron chi connectivity index (χ4n) is 4.01. The van der Waals surface area contributed by atoms with Crippen LogP contribution in [0.5, 0.6) is 0 Å². The molecule has 0 aliphatic carbocycles. The van der Waals surface area contributed by atoms with Crippen LogP contribution in [0.3, 0.4) is 0 Å². The highest BCUT2D eigenvalue weighted by Crippen LogP contribution is 2.26. The van der Waals surface area contributed by atoms with Gasteiger partial charge in [0.25, 0.3) is 5.91 Å². The van der Waals surface area contributed by atoms with Crippen molar-refractivity contribution < 1.29 is 32.6 Å². The summed E-state index contributed by atoms with van der Waals surface area (Å²) in [6.07, 6.45) is -0.220. The molecular formula is C32H28F2N2O5. The fourth-order valence-corrected chi connectivity index (χ4v) is 4.01. The van der Waals surface area contributed by atoms with Gasteiger partial charge in [0.05, 0.1) is 5.56 Å². The van der Waals surface area contributed by atoms with E-state index in [4.69, 9.17) is 15.2 Å². The third-order valence-electron chi connectivity index (χ3n) is 6.24. The lowest BCUT2D eigenvalue weighted by Crippen LogP contribution is -2.42. The van der Waals surface area contributed by atoms with Crippen LogP contribution in [0.25, 0.3) is 11.1 Å². The maximum atomic E-state index is 13.7. The minimum absolute atomic E-state index is 0.0183. The summed E-state index contributed by atoms with van der Waals surface area (Å²) in [7, 11) is 0. The molecule has 0 saturated carbocycles. The van der Waals surface area contributed by atoms with Gasteiger partial charge in [-0.3, -0.25) is 9.59 Å². The van der Waals surface area contributed by atoms with Crippen molar-refractivity contribution in [1.82, 2.24) is 5.32 Å². The predicted octanol–water partition coefficient (Wildman–Crippen LogP) is 5.58. The van der Waals surface area contributed by atoms with Crippen molar-refractivity contribution in [2.75, 3.05) is 5.73 Å². The van der Waals surface area contributed by atoms with E-state index in [9.17, 15) is 23.2 Å². The van der Waals surface area contributed by atoms with E-state index in [0.717, 1.165) is 23.3 Å². The number of carbonyl (C=O) groups is 3. The van der Waals surface area contributed by atoms with Crippen molar-refractivity contribution in [1.29, 1.82) is 0 Å². The summed E-state index contributed by atoms with van der Waals surface area (Å²) in [6, 6.07) is 24.8. The summed E-state index contributed by atoms with van der Waals surface area (Å²) in [5.74, 6) is -3.93. The Balaban J connectivity index is 1.44. The van der Waals surface area contributed by atoms with Gasteiger partial charge in [0.15, 0.2) is 11.6 Å². The first-order chi connectivity index (χ1) is 19.8. The molecule has 0 saturated heterocycles. The van der Waals surface area contributed by atoms with E-state index in [1.807, 2.05) is 36.4 Å². The SMILES string of the molecule is Nc1cc(-c2ccc(F)c(F)c2)ccc1C(=O)N[C@@H](CCC(=O)OCc1ccccc1)C(=O)OCc1ccccc1. The first-order valence-corrected chi connectivity index (χ1v) is 12.9. The van der Waals surface area contributed by atoms with Gasteiger partial charge in [0, 0.05) is 12.1 Å². The Hall–Kier alpha value is -5.05. The van der Waals surface area contributed by atoms with Crippen LogP contribution < -0.4 is 11.1 Å². The summed E-state index contributed by atoms with van der Waals surface area (Å²) in [5, 5.41) is 2.60. The zero-order valence-corrected chi connectivity index (χ0v) is 22.0. The highest BCUT2D eigenvalue weighted by atomic mass is 19.2. The fraction of sp³-hybridized carbons (Fsp3) is 0.156. The number of anilines is 1. The molecule has 0 aliphatic rings. The number of benzene rings is 4. The van der Waals surface area contributed by atoms with Crippen LogP contribution in [-0.4, -0.2) is 23.9 Å². The minimum Gasteiger partial charge on any atom is -0.461 e. The molecule has 1 amide bonds. The molecule has 9 heteroatoms. The minimum atomic E-state index is -1.17. The average Bonchev–Trinajstić information content (AvgIpc) is 2.99. The summed E-state index contributed by atoms with van der Waals surface area (Å²) in [6.45, 7) is 0.0611. The summed E-state index contributed by atoms with van der Waals surface area (Å²) < 4.78 is 37.7. The molecule has 0 heterocycles. The van der Waals surface area contributed by atoms with Gasteiger partial charge in [-0.05, 0) is 52.9 Å². The third kappa shape index (κ3) is 8.22. The van der Waals surface area contributed by atoms with E-state index >= 15 is 0 Å². The van der Waals surface area contributed by atoms with Gasteiger partial charge in [-0.25, -0.2) is 13.6 Å². The van der Waals surface area contributed by atoms with Gasteiger partial charge < -0.3 is 20.5 Å². The molecule has 0 fully saturated rings. The van der Waals surface area contributed by atoms with Crippen molar-refractivity contribution >= 4 is 23.5 Å². The first kappa shape index (κ1) is 28.9. The van der Waals surface area contributed by atoms with Gasteiger partial charge in [0.2, 0.25) is 0 Å². The van der Waals surface area contributed by atoms with Crippen LogP contribution in [-0.2, 0) is 32.3 Å². The largest absolute Gasteiger partial charge is 0.461 e. The number of nitrogens with two attached hydrogens (primary N) is 1. The van der Waals surface area contributed by atoms with E-state index < -0.39 is 35.5 Å². The second-order valence-electron chi connectivity index (χ2n) is 9.24. The Morgan fingerprint density at radius 2 is 1.32 bits per heavy atom.